The van der Waals surface area contributed by atoms with E-state index in [0.717, 1.165) is 22.6 Å². The van der Waals surface area contributed by atoms with E-state index in [-0.39, 0.29) is 11.8 Å². The lowest BCUT2D eigenvalue weighted by Crippen LogP contribution is -2.11. The largest absolute Gasteiger partial charge is 0.481 e. The Morgan fingerprint density at radius 1 is 0.927 bits per heavy atom. The highest BCUT2D eigenvalue weighted by molar-refractivity contribution is 7.62. The fourth-order valence-electron chi connectivity index (χ4n) is 4.77. The summed E-state index contributed by atoms with van der Waals surface area (Å²) in [6, 6.07) is 27.8. The molecule has 1 unspecified atom stereocenters. The predicted molar refractivity (Wildman–Crippen MR) is 159 cm³/mol. The summed E-state index contributed by atoms with van der Waals surface area (Å²) in [6.45, 7) is 3.93. The molecule has 0 fully saturated rings. The van der Waals surface area contributed by atoms with Gasteiger partial charge in [0.25, 0.3) is 0 Å². The van der Waals surface area contributed by atoms with Gasteiger partial charge in [0.1, 0.15) is 12.2 Å². The Balaban J connectivity index is 1.92. The zero-order valence-corrected chi connectivity index (χ0v) is 23.7. The van der Waals surface area contributed by atoms with Gasteiger partial charge in [-0.2, -0.15) is 0 Å². The highest BCUT2D eigenvalue weighted by atomic mass is 31.2. The number of hydrogen-bond acceptors (Lipinski definition) is 4. The van der Waals surface area contributed by atoms with Crippen molar-refractivity contribution in [2.24, 2.45) is 0 Å². The van der Waals surface area contributed by atoms with Gasteiger partial charge in [0.2, 0.25) is 7.37 Å². The number of hydrogen-bond donors (Lipinski definition) is 2. The topological polar surface area (TPSA) is 105 Å². The van der Waals surface area contributed by atoms with Gasteiger partial charge < -0.3 is 10.00 Å². The third-order valence-corrected chi connectivity index (χ3v) is 8.02. The number of rotatable bonds is 11. The molecule has 3 aromatic carbocycles. The van der Waals surface area contributed by atoms with Crippen molar-refractivity contribution in [3.05, 3.63) is 131 Å². The Morgan fingerprint density at radius 3 is 2.00 bits per heavy atom. The van der Waals surface area contributed by atoms with E-state index in [1.54, 1.807) is 12.1 Å². The maximum Gasteiger partial charge on any atom is 0.310 e. The van der Waals surface area contributed by atoms with Gasteiger partial charge in [0.15, 0.2) is 5.78 Å². The van der Waals surface area contributed by atoms with Crippen molar-refractivity contribution in [1.29, 1.82) is 0 Å². The molecule has 1 aromatic heterocycles. The van der Waals surface area contributed by atoms with Crippen molar-refractivity contribution in [3.63, 3.8) is 0 Å². The summed E-state index contributed by atoms with van der Waals surface area (Å²) in [6.07, 6.45) is -0.138. The molecule has 0 saturated heterocycles. The summed E-state index contributed by atoms with van der Waals surface area (Å²) in [5.74, 6) is -1.85. The molecule has 0 amide bonds. The number of aliphatic carboxylic acids is 1. The quantitative estimate of drug-likeness (QED) is 0.143. The van der Waals surface area contributed by atoms with E-state index in [1.807, 2.05) is 80.6 Å². The van der Waals surface area contributed by atoms with Gasteiger partial charge in [-0.15, -0.1) is 0 Å². The first kappa shape index (κ1) is 29.8. The van der Waals surface area contributed by atoms with Crippen LogP contribution in [0.2, 0.25) is 0 Å². The van der Waals surface area contributed by atoms with Crippen LogP contribution in [-0.4, -0.2) is 32.9 Å². The second kappa shape index (κ2) is 13.0. The molecule has 0 saturated carbocycles. The molecule has 2 N–H and O–H groups in total. The summed E-state index contributed by atoms with van der Waals surface area (Å²) in [4.78, 5) is 38.4. The minimum Gasteiger partial charge on any atom is -0.481 e. The Labute approximate surface area is 238 Å². The number of carbonyl (C=O) groups is 2. The molecule has 4 rings (SSSR count). The van der Waals surface area contributed by atoms with Gasteiger partial charge in [-0.25, -0.2) is 4.39 Å². The number of halogens is 1. The molecule has 1 atom stereocenters. The van der Waals surface area contributed by atoms with Gasteiger partial charge in [0, 0.05) is 11.4 Å². The van der Waals surface area contributed by atoms with E-state index in [9.17, 15) is 23.4 Å². The molecule has 0 aliphatic heterocycles. The van der Waals surface area contributed by atoms with E-state index < -0.39 is 37.5 Å². The lowest BCUT2D eigenvalue weighted by molar-refractivity contribution is -0.139. The Morgan fingerprint density at radius 2 is 1.49 bits per heavy atom. The standard InChI is InChI=1S/C33H31FNO5P/c1-22(2)33-28(17-18-41(39,40)21-27(36)19-31(37)38)29(23-13-15-26(34)16-14-23)20-30(35-33)32(24-9-5-3-6-10-24)25-11-7-4-8-12-25/h3-18,20,22,32H,19,21H2,1-2H3,(H,37,38)(H,39,40). The molecule has 0 aliphatic rings. The molecule has 41 heavy (non-hydrogen) atoms. The van der Waals surface area contributed by atoms with Gasteiger partial charge >= 0.3 is 5.97 Å². The first-order valence-corrected chi connectivity index (χ1v) is 15.1. The molecule has 8 heteroatoms. The van der Waals surface area contributed by atoms with E-state index in [0.29, 0.717) is 22.4 Å². The van der Waals surface area contributed by atoms with Crippen LogP contribution in [0.5, 0.6) is 0 Å². The van der Waals surface area contributed by atoms with Gasteiger partial charge in [-0.1, -0.05) is 86.6 Å². The smallest absolute Gasteiger partial charge is 0.310 e. The Kier molecular flexibility index (Phi) is 9.43. The van der Waals surface area contributed by atoms with Crippen molar-refractivity contribution in [1.82, 2.24) is 4.98 Å². The maximum atomic E-state index is 13.9. The Hall–Kier alpha value is -4.19. The number of pyridine rings is 1. The van der Waals surface area contributed by atoms with Crippen molar-refractivity contribution >= 4 is 25.2 Å². The number of carboxylic acid groups (broad SMARTS) is 1. The van der Waals surface area contributed by atoms with Crippen LogP contribution in [0.3, 0.4) is 0 Å². The van der Waals surface area contributed by atoms with Gasteiger partial charge in [0.05, 0.1) is 23.5 Å². The summed E-state index contributed by atoms with van der Waals surface area (Å²) >= 11 is 0. The van der Waals surface area contributed by atoms with Crippen molar-refractivity contribution in [3.8, 4) is 11.1 Å². The van der Waals surface area contributed by atoms with E-state index >= 15 is 0 Å². The van der Waals surface area contributed by atoms with Crippen LogP contribution in [0.4, 0.5) is 4.39 Å². The molecule has 0 spiro atoms. The van der Waals surface area contributed by atoms with Crippen LogP contribution in [0.25, 0.3) is 17.2 Å². The van der Waals surface area contributed by atoms with Crippen LogP contribution < -0.4 is 0 Å². The minimum atomic E-state index is -4.15. The molecule has 1 heterocycles. The molecule has 0 bridgehead atoms. The number of carbonyl (C=O) groups excluding carboxylic acids is 1. The molecule has 0 radical (unpaired) electrons. The van der Waals surface area contributed by atoms with Crippen molar-refractivity contribution in [2.75, 3.05) is 6.16 Å². The summed E-state index contributed by atoms with van der Waals surface area (Å²) in [5.41, 5.74) is 5.42. The number of aromatic nitrogens is 1. The fourth-order valence-corrected chi connectivity index (χ4v) is 5.88. The maximum absolute atomic E-state index is 13.9. The normalized spacial score (nSPS) is 13.0. The van der Waals surface area contributed by atoms with Crippen molar-refractivity contribution in [2.45, 2.75) is 32.1 Å². The first-order chi connectivity index (χ1) is 19.5. The monoisotopic (exact) mass is 571 g/mol. The second-order valence-electron chi connectivity index (χ2n) is 10.1. The summed E-state index contributed by atoms with van der Waals surface area (Å²) in [7, 11) is -4.15. The molecule has 210 valence electrons. The van der Waals surface area contributed by atoms with Crippen molar-refractivity contribution < 1.29 is 28.5 Å². The number of carboxylic acids is 1. The minimum absolute atomic E-state index is 0.104. The number of nitrogens with zero attached hydrogens (tertiary/aromatic N) is 1. The first-order valence-electron chi connectivity index (χ1n) is 13.2. The fraction of sp³-hybridized carbons (Fsp3) is 0.182. The van der Waals surface area contributed by atoms with Crippen LogP contribution >= 0.6 is 7.37 Å². The molecule has 6 nitrogen and oxygen atoms in total. The van der Waals surface area contributed by atoms with Crippen LogP contribution in [0.1, 0.15) is 60.2 Å². The molecule has 4 aromatic rings. The van der Waals surface area contributed by atoms with Crippen LogP contribution in [-0.2, 0) is 14.2 Å². The summed E-state index contributed by atoms with van der Waals surface area (Å²) in [5, 5.41) is 8.86. The highest BCUT2D eigenvalue weighted by Crippen LogP contribution is 2.45. The third kappa shape index (κ3) is 7.72. The van der Waals surface area contributed by atoms with E-state index in [2.05, 4.69) is 0 Å². The number of Topliss-reactive ketones (excluding diaryl/α,β-unsaturated/α-hetero) is 1. The molecular weight excluding hydrogens is 540 g/mol. The zero-order chi connectivity index (χ0) is 29.6. The van der Waals surface area contributed by atoms with Crippen LogP contribution in [0, 0.1) is 5.82 Å². The zero-order valence-electron chi connectivity index (χ0n) is 22.8. The van der Waals surface area contributed by atoms with Gasteiger partial charge in [-0.3, -0.25) is 19.1 Å². The van der Waals surface area contributed by atoms with E-state index in [1.165, 1.54) is 18.2 Å². The number of ketones is 1. The van der Waals surface area contributed by atoms with E-state index in [4.69, 9.17) is 10.1 Å². The lowest BCUT2D eigenvalue weighted by Gasteiger charge is -2.23. The predicted octanol–water partition coefficient (Wildman–Crippen LogP) is 7.48. The Bertz CT molecular complexity index is 1560. The molecule has 0 aliphatic carbocycles. The second-order valence-corrected chi connectivity index (χ2v) is 12.3. The van der Waals surface area contributed by atoms with Gasteiger partial charge in [-0.05, 0) is 52.4 Å². The average Bonchev–Trinajstić information content (AvgIpc) is 2.93. The highest BCUT2D eigenvalue weighted by Gasteiger charge is 2.25. The van der Waals surface area contributed by atoms with Crippen LogP contribution in [0.15, 0.2) is 96.8 Å². The third-order valence-electron chi connectivity index (χ3n) is 6.60. The molecular formula is C33H31FNO5P. The number of benzene rings is 3. The average molecular weight is 572 g/mol. The SMILES string of the molecule is CC(C)c1nc(C(c2ccccc2)c2ccccc2)cc(-c2ccc(F)cc2)c1C=CP(=O)(O)CC(=O)CC(=O)O. The summed E-state index contributed by atoms with van der Waals surface area (Å²) < 4.78 is 26.8. The lowest BCUT2D eigenvalue weighted by atomic mass is 9.85.